The van der Waals surface area contributed by atoms with Crippen LogP contribution in [0.5, 0.6) is 0 Å². The third-order valence-corrected chi connectivity index (χ3v) is 3.73. The van der Waals surface area contributed by atoms with Gasteiger partial charge in [0.1, 0.15) is 11.3 Å². The van der Waals surface area contributed by atoms with Crippen LogP contribution in [0.2, 0.25) is 5.02 Å². The Morgan fingerprint density at radius 2 is 1.86 bits per heavy atom. The SMILES string of the molecule is C=C(C1=C(OC(=O)OCC)CNC1=O)N(Nc1ccc(Cl)cc1)C(=O)OCC. The Hall–Kier alpha value is -3.20. The van der Waals surface area contributed by atoms with Gasteiger partial charge >= 0.3 is 12.2 Å². The number of hydrogen-bond acceptors (Lipinski definition) is 7. The van der Waals surface area contributed by atoms with Gasteiger partial charge in [-0.25, -0.2) is 9.59 Å². The molecule has 0 unspecified atom stereocenters. The molecule has 2 N–H and O–H groups in total. The molecule has 1 aliphatic heterocycles. The molecule has 0 aliphatic carbocycles. The molecule has 1 aliphatic rings. The second-order valence-corrected chi connectivity index (χ2v) is 5.80. The maximum atomic E-state index is 12.4. The first-order valence-electron chi connectivity index (χ1n) is 8.41. The van der Waals surface area contributed by atoms with Gasteiger partial charge in [0.25, 0.3) is 5.91 Å². The number of halogens is 1. The fourth-order valence-corrected chi connectivity index (χ4v) is 2.39. The molecule has 0 bridgehead atoms. The standard InChI is InChI=1S/C18H20ClN3O6/c1-4-26-17(24)22(21-13-8-6-12(19)7-9-13)11(3)15-14(10-20-16(15)23)28-18(25)27-5-2/h6-9,21H,3-5,10H2,1-2H3,(H,20,23). The number of amides is 2. The predicted molar refractivity (Wildman–Crippen MR) is 101 cm³/mol. The van der Waals surface area contributed by atoms with E-state index in [-0.39, 0.29) is 36.8 Å². The van der Waals surface area contributed by atoms with E-state index in [1.54, 1.807) is 38.1 Å². The zero-order valence-electron chi connectivity index (χ0n) is 15.4. The van der Waals surface area contributed by atoms with Crippen molar-refractivity contribution in [3.8, 4) is 0 Å². The van der Waals surface area contributed by atoms with Crippen LogP contribution in [0.3, 0.4) is 0 Å². The lowest BCUT2D eigenvalue weighted by Gasteiger charge is -2.25. The molecule has 1 aromatic rings. The maximum absolute atomic E-state index is 12.4. The monoisotopic (exact) mass is 409 g/mol. The highest BCUT2D eigenvalue weighted by Crippen LogP contribution is 2.25. The Kier molecular flexibility index (Phi) is 7.28. The number of hydrazine groups is 1. The number of benzene rings is 1. The van der Waals surface area contributed by atoms with E-state index in [1.165, 1.54) is 0 Å². The van der Waals surface area contributed by atoms with Crippen LogP contribution in [0, 0.1) is 0 Å². The van der Waals surface area contributed by atoms with Crippen molar-refractivity contribution in [2.75, 3.05) is 25.2 Å². The molecule has 0 saturated heterocycles. The largest absolute Gasteiger partial charge is 0.513 e. The maximum Gasteiger partial charge on any atom is 0.513 e. The molecule has 0 spiro atoms. The smallest absolute Gasteiger partial charge is 0.448 e. The van der Waals surface area contributed by atoms with E-state index in [1.807, 2.05) is 0 Å². The van der Waals surface area contributed by atoms with Crippen LogP contribution < -0.4 is 10.7 Å². The molecule has 1 heterocycles. The molecule has 0 fully saturated rings. The number of ether oxygens (including phenoxy) is 3. The number of carbonyl (C=O) groups is 3. The summed E-state index contributed by atoms with van der Waals surface area (Å²) in [7, 11) is 0. The Morgan fingerprint density at radius 1 is 1.21 bits per heavy atom. The first-order chi connectivity index (χ1) is 13.4. The van der Waals surface area contributed by atoms with Crippen molar-refractivity contribution in [3.63, 3.8) is 0 Å². The number of nitrogens with one attached hydrogen (secondary N) is 2. The van der Waals surface area contributed by atoms with Gasteiger partial charge < -0.3 is 19.5 Å². The minimum atomic E-state index is -0.965. The molecule has 2 rings (SSSR count). The minimum Gasteiger partial charge on any atom is -0.448 e. The van der Waals surface area contributed by atoms with Gasteiger partial charge in [-0.1, -0.05) is 18.2 Å². The highest BCUT2D eigenvalue weighted by molar-refractivity contribution is 6.30. The van der Waals surface area contributed by atoms with Gasteiger partial charge in [-0.05, 0) is 38.1 Å². The minimum absolute atomic E-state index is 0.0133. The Morgan fingerprint density at radius 3 is 2.46 bits per heavy atom. The molecule has 150 valence electrons. The average molecular weight is 410 g/mol. The zero-order valence-corrected chi connectivity index (χ0v) is 16.2. The first-order valence-corrected chi connectivity index (χ1v) is 8.79. The number of rotatable bonds is 7. The highest BCUT2D eigenvalue weighted by Gasteiger charge is 2.33. The van der Waals surface area contributed by atoms with Crippen LogP contribution in [-0.2, 0) is 19.0 Å². The van der Waals surface area contributed by atoms with Crippen LogP contribution >= 0.6 is 11.6 Å². The van der Waals surface area contributed by atoms with Crippen LogP contribution in [0.15, 0.2) is 47.9 Å². The van der Waals surface area contributed by atoms with Gasteiger partial charge in [0, 0.05) is 5.02 Å². The molecule has 0 radical (unpaired) electrons. The Balaban J connectivity index is 2.32. The summed E-state index contributed by atoms with van der Waals surface area (Å²) in [4.78, 5) is 36.3. The molecule has 9 nitrogen and oxygen atoms in total. The van der Waals surface area contributed by atoms with Gasteiger partial charge in [0.05, 0.1) is 31.1 Å². The third-order valence-electron chi connectivity index (χ3n) is 3.48. The van der Waals surface area contributed by atoms with Gasteiger partial charge in [-0.3, -0.25) is 10.2 Å². The molecule has 2 amide bonds. The number of anilines is 1. The summed E-state index contributed by atoms with van der Waals surface area (Å²) in [5.74, 6) is -0.572. The van der Waals surface area contributed by atoms with E-state index >= 15 is 0 Å². The topological polar surface area (TPSA) is 106 Å². The average Bonchev–Trinajstić information content (AvgIpc) is 3.01. The molecule has 0 aromatic heterocycles. The van der Waals surface area contributed by atoms with Crippen molar-refractivity contribution in [3.05, 3.63) is 52.9 Å². The summed E-state index contributed by atoms with van der Waals surface area (Å²) in [5, 5.41) is 3.97. The van der Waals surface area contributed by atoms with Gasteiger partial charge in [0.2, 0.25) is 0 Å². The van der Waals surface area contributed by atoms with Crippen molar-refractivity contribution in [2.45, 2.75) is 13.8 Å². The molecule has 1 aromatic carbocycles. The fourth-order valence-electron chi connectivity index (χ4n) is 2.27. The molecule has 0 saturated carbocycles. The molecular formula is C18H20ClN3O6. The second kappa shape index (κ2) is 9.65. The quantitative estimate of drug-likeness (QED) is 0.526. The molecular weight excluding hydrogens is 390 g/mol. The lowest BCUT2D eigenvalue weighted by Crippen LogP contribution is -2.37. The summed E-state index contributed by atoms with van der Waals surface area (Å²) < 4.78 is 14.8. The molecule has 10 heteroatoms. The number of nitrogens with zero attached hydrogens (tertiary/aromatic N) is 1. The highest BCUT2D eigenvalue weighted by atomic mass is 35.5. The van der Waals surface area contributed by atoms with E-state index in [4.69, 9.17) is 25.8 Å². The van der Waals surface area contributed by atoms with E-state index in [9.17, 15) is 14.4 Å². The predicted octanol–water partition coefficient (Wildman–Crippen LogP) is 3.20. The Bertz CT molecular complexity index is 806. The molecule has 28 heavy (non-hydrogen) atoms. The van der Waals surface area contributed by atoms with Crippen LogP contribution in [0.25, 0.3) is 0 Å². The van der Waals surface area contributed by atoms with Crippen LogP contribution in [0.4, 0.5) is 15.3 Å². The summed E-state index contributed by atoms with van der Waals surface area (Å²) >= 11 is 5.87. The molecule has 0 atom stereocenters. The van der Waals surface area contributed by atoms with Crippen LogP contribution in [0.1, 0.15) is 13.8 Å². The third kappa shape index (κ3) is 5.17. The lowest BCUT2D eigenvalue weighted by molar-refractivity contribution is -0.116. The van der Waals surface area contributed by atoms with E-state index in [2.05, 4.69) is 17.3 Å². The Labute approximate surface area is 166 Å². The van der Waals surface area contributed by atoms with Crippen molar-refractivity contribution < 1.29 is 28.6 Å². The van der Waals surface area contributed by atoms with E-state index in [0.717, 1.165) is 5.01 Å². The van der Waals surface area contributed by atoms with E-state index < -0.39 is 18.2 Å². The lowest BCUT2D eigenvalue weighted by atomic mass is 10.2. The normalized spacial score (nSPS) is 12.9. The fraction of sp³-hybridized carbons (Fsp3) is 0.278. The summed E-state index contributed by atoms with van der Waals surface area (Å²) in [6, 6.07) is 6.49. The first kappa shape index (κ1) is 21.1. The summed E-state index contributed by atoms with van der Waals surface area (Å²) in [6.07, 6.45) is -1.77. The van der Waals surface area contributed by atoms with Crippen molar-refractivity contribution in [2.24, 2.45) is 0 Å². The zero-order chi connectivity index (χ0) is 20.7. The van der Waals surface area contributed by atoms with Crippen molar-refractivity contribution in [1.29, 1.82) is 0 Å². The van der Waals surface area contributed by atoms with Gasteiger partial charge in [0.15, 0.2) is 0 Å². The van der Waals surface area contributed by atoms with Gasteiger partial charge in [-0.2, -0.15) is 5.01 Å². The van der Waals surface area contributed by atoms with Crippen molar-refractivity contribution >= 4 is 35.4 Å². The second-order valence-electron chi connectivity index (χ2n) is 5.37. The summed E-state index contributed by atoms with van der Waals surface area (Å²) in [6.45, 7) is 7.20. The van der Waals surface area contributed by atoms with Crippen LogP contribution in [-0.4, -0.2) is 42.9 Å². The number of hydrogen-bond donors (Lipinski definition) is 2. The van der Waals surface area contributed by atoms with E-state index in [0.29, 0.717) is 10.7 Å². The van der Waals surface area contributed by atoms with Crippen molar-refractivity contribution in [1.82, 2.24) is 10.3 Å². The number of carbonyl (C=O) groups excluding carboxylic acids is 3. The van der Waals surface area contributed by atoms with Gasteiger partial charge in [-0.15, -0.1) is 0 Å². The summed E-state index contributed by atoms with van der Waals surface area (Å²) in [5.41, 5.74) is 3.15.